The second-order valence-corrected chi connectivity index (χ2v) is 8.14. The van der Waals surface area contributed by atoms with Crippen molar-refractivity contribution in [2.45, 2.75) is 59.0 Å². The summed E-state index contributed by atoms with van der Waals surface area (Å²) in [6, 6.07) is 15.8. The molecule has 0 aliphatic heterocycles. The van der Waals surface area contributed by atoms with E-state index in [9.17, 15) is 9.59 Å². The lowest BCUT2D eigenvalue weighted by molar-refractivity contribution is -0.122. The zero-order chi connectivity index (χ0) is 21.5. The summed E-state index contributed by atoms with van der Waals surface area (Å²) in [5.74, 6) is 0.298. The van der Waals surface area contributed by atoms with E-state index in [0.29, 0.717) is 36.2 Å². The lowest BCUT2D eigenvalue weighted by Gasteiger charge is -2.23. The second-order valence-electron chi connectivity index (χ2n) is 8.14. The number of rotatable bonds is 9. The van der Waals surface area contributed by atoms with Crippen LogP contribution in [0.1, 0.15) is 57.2 Å². The van der Waals surface area contributed by atoms with E-state index in [4.69, 9.17) is 0 Å². The highest BCUT2D eigenvalue weighted by Gasteiger charge is 2.18. The second kappa shape index (κ2) is 10.2. The molecule has 1 unspecified atom stereocenters. The van der Waals surface area contributed by atoms with Gasteiger partial charge in [-0.3, -0.25) is 14.2 Å². The van der Waals surface area contributed by atoms with Gasteiger partial charge in [-0.05, 0) is 42.0 Å². The van der Waals surface area contributed by atoms with E-state index in [0.717, 1.165) is 18.4 Å². The Bertz CT molecular complexity index is 1040. The summed E-state index contributed by atoms with van der Waals surface area (Å²) in [7, 11) is 0. The first-order valence-electron chi connectivity index (χ1n) is 10.8. The molecule has 158 valence electrons. The predicted octanol–water partition coefficient (Wildman–Crippen LogP) is 4.64. The van der Waals surface area contributed by atoms with E-state index in [1.54, 1.807) is 17.0 Å². The van der Waals surface area contributed by atoms with Gasteiger partial charge >= 0.3 is 0 Å². The van der Waals surface area contributed by atoms with Crippen molar-refractivity contribution in [2.75, 3.05) is 0 Å². The maximum absolute atomic E-state index is 12.6. The minimum absolute atomic E-state index is 0.00753. The van der Waals surface area contributed by atoms with Gasteiger partial charge in [-0.25, -0.2) is 4.98 Å². The van der Waals surface area contributed by atoms with Crippen LogP contribution in [0, 0.1) is 5.92 Å². The number of para-hydroxylation sites is 1. The van der Waals surface area contributed by atoms with Crippen molar-refractivity contribution in [1.29, 1.82) is 0 Å². The Morgan fingerprint density at radius 2 is 1.83 bits per heavy atom. The van der Waals surface area contributed by atoms with Crippen LogP contribution in [0.2, 0.25) is 0 Å². The van der Waals surface area contributed by atoms with Gasteiger partial charge in [0.05, 0.1) is 23.3 Å². The average molecular weight is 406 g/mol. The molecule has 1 aromatic heterocycles. The van der Waals surface area contributed by atoms with Crippen molar-refractivity contribution in [3.05, 3.63) is 76.3 Å². The molecule has 5 heteroatoms. The van der Waals surface area contributed by atoms with Crippen LogP contribution in [-0.2, 0) is 17.8 Å². The summed E-state index contributed by atoms with van der Waals surface area (Å²) in [5, 5.41) is 3.78. The molecule has 1 amide bonds. The van der Waals surface area contributed by atoms with Crippen LogP contribution < -0.4 is 10.9 Å². The number of fused-ring (bicyclic) bond motifs is 1. The van der Waals surface area contributed by atoms with E-state index >= 15 is 0 Å². The molecule has 2 aromatic carbocycles. The first-order valence-corrected chi connectivity index (χ1v) is 10.8. The maximum atomic E-state index is 12.6. The van der Waals surface area contributed by atoms with Gasteiger partial charge in [0.1, 0.15) is 0 Å². The molecule has 5 nitrogen and oxygen atoms in total. The third kappa shape index (κ3) is 5.35. The first kappa shape index (κ1) is 21.8. The number of amides is 1. The summed E-state index contributed by atoms with van der Waals surface area (Å²) in [6.45, 7) is 6.88. The summed E-state index contributed by atoms with van der Waals surface area (Å²) in [6.07, 6.45) is 4.72. The number of benzene rings is 2. The fraction of sp³-hybridized carbons (Fsp3) is 0.400. The van der Waals surface area contributed by atoms with Gasteiger partial charge in [0, 0.05) is 13.0 Å². The van der Waals surface area contributed by atoms with Crippen molar-refractivity contribution < 1.29 is 4.79 Å². The summed E-state index contributed by atoms with van der Waals surface area (Å²) >= 11 is 0. The van der Waals surface area contributed by atoms with E-state index in [-0.39, 0.29) is 17.5 Å². The highest BCUT2D eigenvalue weighted by atomic mass is 16.1. The topological polar surface area (TPSA) is 64.0 Å². The van der Waals surface area contributed by atoms with Crippen LogP contribution in [0.15, 0.2) is 59.7 Å². The van der Waals surface area contributed by atoms with Crippen molar-refractivity contribution in [3.63, 3.8) is 0 Å². The average Bonchev–Trinajstić information content (AvgIpc) is 2.74. The zero-order valence-electron chi connectivity index (χ0n) is 18.1. The molecule has 30 heavy (non-hydrogen) atoms. The Labute approximate surface area is 178 Å². The van der Waals surface area contributed by atoms with E-state index in [2.05, 4.69) is 55.3 Å². The number of hydrogen-bond donors (Lipinski definition) is 1. The molecular weight excluding hydrogens is 374 g/mol. The Morgan fingerprint density at radius 1 is 1.10 bits per heavy atom. The fourth-order valence-electron chi connectivity index (χ4n) is 3.74. The molecule has 3 aromatic rings. The van der Waals surface area contributed by atoms with Crippen molar-refractivity contribution in [3.8, 4) is 0 Å². The number of aromatic nitrogens is 2. The van der Waals surface area contributed by atoms with Gasteiger partial charge in [0.25, 0.3) is 5.56 Å². The van der Waals surface area contributed by atoms with Crippen LogP contribution in [0.5, 0.6) is 0 Å². The summed E-state index contributed by atoms with van der Waals surface area (Å²) in [5.41, 5.74) is 3.09. The van der Waals surface area contributed by atoms with Crippen LogP contribution in [0.3, 0.4) is 0 Å². The molecule has 1 heterocycles. The Kier molecular flexibility index (Phi) is 7.39. The van der Waals surface area contributed by atoms with Gasteiger partial charge in [-0.2, -0.15) is 0 Å². The van der Waals surface area contributed by atoms with Crippen LogP contribution in [-0.4, -0.2) is 15.5 Å². The minimum Gasteiger partial charge on any atom is -0.349 e. The van der Waals surface area contributed by atoms with E-state index in [1.807, 2.05) is 18.2 Å². The van der Waals surface area contributed by atoms with Crippen molar-refractivity contribution >= 4 is 16.8 Å². The zero-order valence-corrected chi connectivity index (χ0v) is 18.1. The summed E-state index contributed by atoms with van der Waals surface area (Å²) < 4.78 is 1.59. The molecule has 0 aliphatic rings. The van der Waals surface area contributed by atoms with Gasteiger partial charge < -0.3 is 5.32 Å². The third-order valence-corrected chi connectivity index (χ3v) is 5.40. The number of hydrogen-bond acceptors (Lipinski definition) is 3. The molecule has 0 radical (unpaired) electrons. The van der Waals surface area contributed by atoms with E-state index < -0.39 is 0 Å². The number of nitrogens with zero attached hydrogens (tertiary/aromatic N) is 2. The monoisotopic (exact) mass is 405 g/mol. The molecule has 1 N–H and O–H groups in total. The highest BCUT2D eigenvalue weighted by molar-refractivity contribution is 5.77. The minimum atomic E-state index is -0.0618. The normalized spacial score (nSPS) is 12.3. The SMILES string of the molecule is CCCc1ccc(C(NC(=O)CCCn2cnc3ccccc3c2=O)C(C)C)cc1. The Hall–Kier alpha value is -2.95. The maximum Gasteiger partial charge on any atom is 0.261 e. The fourth-order valence-corrected chi connectivity index (χ4v) is 3.74. The van der Waals surface area contributed by atoms with Gasteiger partial charge in [0.15, 0.2) is 0 Å². The quantitative estimate of drug-likeness (QED) is 0.564. The first-order chi connectivity index (χ1) is 14.5. The van der Waals surface area contributed by atoms with Crippen LogP contribution in [0.4, 0.5) is 0 Å². The highest BCUT2D eigenvalue weighted by Crippen LogP contribution is 2.22. The molecule has 0 bridgehead atoms. The molecule has 0 aliphatic carbocycles. The van der Waals surface area contributed by atoms with Gasteiger partial charge in [-0.1, -0.05) is 63.6 Å². The van der Waals surface area contributed by atoms with Gasteiger partial charge in [-0.15, -0.1) is 0 Å². The van der Waals surface area contributed by atoms with Gasteiger partial charge in [0.2, 0.25) is 5.91 Å². The summed E-state index contributed by atoms with van der Waals surface area (Å²) in [4.78, 5) is 29.5. The van der Waals surface area contributed by atoms with Crippen molar-refractivity contribution in [2.24, 2.45) is 5.92 Å². The molecule has 3 rings (SSSR count). The molecule has 0 spiro atoms. The molecule has 0 saturated carbocycles. The number of carbonyl (C=O) groups is 1. The van der Waals surface area contributed by atoms with Crippen molar-refractivity contribution in [1.82, 2.24) is 14.9 Å². The standard InChI is InChI=1S/C25H31N3O2/c1-4-8-19-12-14-20(15-13-19)24(18(2)3)27-23(29)11-7-16-28-17-26-22-10-6-5-9-21(22)25(28)30/h5-6,9-10,12-15,17-18,24H,4,7-8,11,16H2,1-3H3,(H,27,29). The Balaban J connectivity index is 1.58. The molecule has 1 atom stereocenters. The van der Waals surface area contributed by atoms with Crippen LogP contribution in [0.25, 0.3) is 10.9 Å². The smallest absolute Gasteiger partial charge is 0.261 e. The largest absolute Gasteiger partial charge is 0.349 e. The van der Waals surface area contributed by atoms with E-state index in [1.165, 1.54) is 5.56 Å². The molecule has 0 fully saturated rings. The number of carbonyl (C=O) groups excluding carboxylic acids is 1. The number of nitrogens with one attached hydrogen (secondary N) is 1. The Morgan fingerprint density at radius 3 is 2.53 bits per heavy atom. The lowest BCUT2D eigenvalue weighted by atomic mass is 9.94. The predicted molar refractivity (Wildman–Crippen MR) is 121 cm³/mol. The van der Waals surface area contributed by atoms with Crippen LogP contribution >= 0.6 is 0 Å². The molecular formula is C25H31N3O2. The molecule has 0 saturated heterocycles. The lowest BCUT2D eigenvalue weighted by Crippen LogP contribution is -2.32. The number of aryl methyl sites for hydroxylation is 2. The third-order valence-electron chi connectivity index (χ3n) is 5.40.